The fourth-order valence-corrected chi connectivity index (χ4v) is 8.40. The number of nitrogens with zero attached hydrogens (tertiary/aromatic N) is 5. The predicted octanol–water partition coefficient (Wildman–Crippen LogP) is 20.7. The number of halogens is 6. The highest BCUT2D eigenvalue weighted by Crippen LogP contribution is 2.25. The molecule has 0 aliphatic heterocycles. The Balaban J connectivity index is 0.000000467. The quantitative estimate of drug-likeness (QED) is 0.117. The highest BCUT2D eigenvalue weighted by atomic mass is 19.1. The summed E-state index contributed by atoms with van der Waals surface area (Å²) in [5, 5.41) is 8.81. The third-order valence-electron chi connectivity index (χ3n) is 12.6. The minimum atomic E-state index is -0.333. The van der Waals surface area contributed by atoms with Crippen LogP contribution in [-0.4, -0.2) is 19.9 Å². The molecule has 0 aliphatic carbocycles. The van der Waals surface area contributed by atoms with Crippen LogP contribution in [0.2, 0.25) is 0 Å². The molecule has 0 fully saturated rings. The number of nitriles is 1. The van der Waals surface area contributed by atoms with Gasteiger partial charge in [0.05, 0.1) is 11.6 Å². The van der Waals surface area contributed by atoms with Crippen molar-refractivity contribution >= 4 is 0 Å². The minimum Gasteiger partial charge on any atom is -0.261 e. The molecular formula is C69H91F6N5. The highest BCUT2D eigenvalue weighted by Gasteiger charge is 2.13. The lowest BCUT2D eigenvalue weighted by molar-refractivity contribution is 0.553. The molecule has 0 bridgehead atoms. The molecule has 7 aromatic rings. The van der Waals surface area contributed by atoms with E-state index in [0.717, 1.165) is 84.1 Å². The van der Waals surface area contributed by atoms with E-state index in [1.165, 1.54) is 12.1 Å². The van der Waals surface area contributed by atoms with Crippen LogP contribution in [0.3, 0.4) is 0 Å². The third kappa shape index (κ3) is 24.4. The van der Waals surface area contributed by atoms with Gasteiger partial charge in [-0.25, -0.2) is 26.9 Å². The Kier molecular flexibility index (Phi) is 30.7. The Hall–Kier alpha value is -6.67. The lowest BCUT2D eigenvalue weighted by atomic mass is 9.96. The normalized spacial score (nSPS) is 10.6. The van der Waals surface area contributed by atoms with Crippen molar-refractivity contribution in [1.29, 1.82) is 5.26 Å². The number of hydrogen-bond donors (Lipinski definition) is 0. The molecule has 80 heavy (non-hydrogen) atoms. The number of rotatable bonds is 7. The maximum absolute atomic E-state index is 13.4. The maximum atomic E-state index is 13.4. The zero-order chi connectivity index (χ0) is 61.5. The Labute approximate surface area is 477 Å². The Morgan fingerprint density at radius 2 is 0.738 bits per heavy atom. The van der Waals surface area contributed by atoms with Crippen LogP contribution in [0.4, 0.5) is 26.3 Å². The van der Waals surface area contributed by atoms with Crippen LogP contribution in [0.5, 0.6) is 0 Å². The monoisotopic (exact) mass is 1100 g/mol. The standard InChI is InChI=1S/C11H15F.C10H14FN.2C10H13F.C10H12N2.2C9H12FN/c1-7(2)11-9(4)5-8(3)6-10(11)12;1-6(2)10-8(4)12-7(3)5-9(10)11;2*1-7(2)9-5-4-8(3)6-10(9)11;1-7(2)10-6-12-8(3)4-9(10)5-11;1-6(2)8-5-11-7(3)4-9(8)10;1-6(2)8-5-4-7(3)11-9(8)10/h5-7H,1-4H3;5-6H,1-4H3;2*4-7H,1-3H3;4,6-7H,1-3H3;2*4-6H,1-3H3. The van der Waals surface area contributed by atoms with Crippen LogP contribution >= 0.6 is 0 Å². The Morgan fingerprint density at radius 3 is 1.11 bits per heavy atom. The summed E-state index contributed by atoms with van der Waals surface area (Å²) in [5.41, 5.74) is 14.3. The molecule has 0 atom stereocenters. The zero-order valence-corrected chi connectivity index (χ0v) is 52.2. The first-order chi connectivity index (χ1) is 37.1. The van der Waals surface area contributed by atoms with Gasteiger partial charge in [-0.3, -0.25) is 15.0 Å². The SMILES string of the molecule is Cc1cc(C#N)c(C(C)C)cn1.Cc1cc(C)c(C(C)C)c(F)c1.Cc1cc(F)c(C(C)C)c(C)n1.Cc1cc(F)c(C(C)C)cn1.Cc1ccc(C(C)C)c(F)c1.Cc1ccc(C(C)C)c(F)c1.Cc1ccc(C(C)C)c(F)n1. The second-order valence-electron chi connectivity index (χ2n) is 22.6. The van der Waals surface area contributed by atoms with Crippen LogP contribution in [0.15, 0.2) is 91.3 Å². The summed E-state index contributed by atoms with van der Waals surface area (Å²) in [6.45, 7) is 44.7. The summed E-state index contributed by atoms with van der Waals surface area (Å²) in [6.07, 6.45) is 3.40. The van der Waals surface area contributed by atoms with Gasteiger partial charge in [-0.15, -0.1) is 0 Å². The van der Waals surface area contributed by atoms with Gasteiger partial charge in [0.1, 0.15) is 29.1 Å². The molecule has 3 aromatic carbocycles. The van der Waals surface area contributed by atoms with Gasteiger partial charge in [-0.05, 0) is 191 Å². The van der Waals surface area contributed by atoms with Crippen molar-refractivity contribution in [3.8, 4) is 6.07 Å². The Morgan fingerprint density at radius 1 is 0.350 bits per heavy atom. The molecule has 0 N–H and O–H groups in total. The van der Waals surface area contributed by atoms with Gasteiger partial charge in [0.25, 0.3) is 0 Å². The molecule has 0 saturated carbocycles. The molecule has 4 aromatic heterocycles. The molecule has 11 heteroatoms. The fourth-order valence-electron chi connectivity index (χ4n) is 8.40. The first kappa shape index (κ1) is 71.3. The molecular weight excluding hydrogens is 1010 g/mol. The van der Waals surface area contributed by atoms with Gasteiger partial charge in [0.15, 0.2) is 0 Å². The van der Waals surface area contributed by atoms with E-state index in [-0.39, 0.29) is 70.5 Å². The van der Waals surface area contributed by atoms with Crippen LogP contribution in [0, 0.1) is 109 Å². The number of benzene rings is 3. The van der Waals surface area contributed by atoms with Gasteiger partial charge >= 0.3 is 0 Å². The average molecular weight is 1100 g/mol. The molecule has 0 saturated heterocycles. The van der Waals surface area contributed by atoms with Gasteiger partial charge in [-0.1, -0.05) is 133 Å². The number of aryl methyl sites for hydroxylation is 9. The molecule has 434 valence electrons. The Bertz CT molecular complexity index is 2750. The zero-order valence-electron chi connectivity index (χ0n) is 52.2. The first-order valence-corrected chi connectivity index (χ1v) is 27.7. The third-order valence-corrected chi connectivity index (χ3v) is 12.6. The molecule has 0 aliphatic rings. The highest BCUT2D eigenvalue weighted by molar-refractivity contribution is 5.39. The van der Waals surface area contributed by atoms with Gasteiger partial charge < -0.3 is 0 Å². The van der Waals surface area contributed by atoms with Crippen LogP contribution < -0.4 is 0 Å². The largest absolute Gasteiger partial charge is 0.261 e. The minimum absolute atomic E-state index is 0.0671. The fraction of sp³-hybridized carbons (Fsp3) is 0.435. The van der Waals surface area contributed by atoms with E-state index < -0.39 is 0 Å². The van der Waals surface area contributed by atoms with E-state index in [0.29, 0.717) is 17.0 Å². The molecule has 0 radical (unpaired) electrons. The summed E-state index contributed by atoms with van der Waals surface area (Å²) in [6, 6.07) is 25.0. The van der Waals surface area contributed by atoms with E-state index in [4.69, 9.17) is 5.26 Å². The summed E-state index contributed by atoms with van der Waals surface area (Å²) in [4.78, 5) is 16.1. The van der Waals surface area contributed by atoms with Crippen molar-refractivity contribution in [2.24, 2.45) is 0 Å². The summed E-state index contributed by atoms with van der Waals surface area (Å²) < 4.78 is 78.9. The van der Waals surface area contributed by atoms with Crippen LogP contribution in [0.25, 0.3) is 0 Å². The van der Waals surface area contributed by atoms with E-state index in [1.54, 1.807) is 57.4 Å². The van der Waals surface area contributed by atoms with Crippen molar-refractivity contribution in [3.05, 3.63) is 222 Å². The van der Waals surface area contributed by atoms with E-state index in [2.05, 4.69) is 39.9 Å². The second kappa shape index (κ2) is 34.5. The maximum Gasteiger partial charge on any atom is 0.216 e. The smallest absolute Gasteiger partial charge is 0.216 e. The average Bonchev–Trinajstić information content (AvgIpc) is 3.31. The van der Waals surface area contributed by atoms with Gasteiger partial charge in [0, 0.05) is 57.6 Å². The molecule has 5 nitrogen and oxygen atoms in total. The number of pyridine rings is 4. The first-order valence-electron chi connectivity index (χ1n) is 27.7. The van der Waals surface area contributed by atoms with Crippen molar-refractivity contribution in [1.82, 2.24) is 19.9 Å². The van der Waals surface area contributed by atoms with Gasteiger partial charge in [0.2, 0.25) is 5.95 Å². The van der Waals surface area contributed by atoms with Gasteiger partial charge in [-0.2, -0.15) is 9.65 Å². The second-order valence-corrected chi connectivity index (χ2v) is 22.6. The van der Waals surface area contributed by atoms with E-state index >= 15 is 0 Å². The lowest BCUT2D eigenvalue weighted by Crippen LogP contribution is -2.01. The van der Waals surface area contributed by atoms with Crippen molar-refractivity contribution in [2.45, 2.75) is 201 Å². The molecule has 0 spiro atoms. The molecule has 0 amide bonds. The van der Waals surface area contributed by atoms with Crippen LogP contribution in [0.1, 0.15) is 234 Å². The van der Waals surface area contributed by atoms with Crippen molar-refractivity contribution in [3.63, 3.8) is 0 Å². The molecule has 4 heterocycles. The van der Waals surface area contributed by atoms with Crippen molar-refractivity contribution < 1.29 is 26.3 Å². The molecule has 7 rings (SSSR count). The number of aromatic nitrogens is 4. The van der Waals surface area contributed by atoms with Crippen molar-refractivity contribution in [2.75, 3.05) is 0 Å². The number of hydrogen-bond acceptors (Lipinski definition) is 5. The summed E-state index contributed by atoms with van der Waals surface area (Å²) >= 11 is 0. The van der Waals surface area contributed by atoms with E-state index in [1.807, 2.05) is 167 Å². The molecule has 0 unspecified atom stereocenters. The predicted molar refractivity (Wildman–Crippen MR) is 322 cm³/mol. The van der Waals surface area contributed by atoms with E-state index in [9.17, 15) is 26.3 Å². The summed E-state index contributed by atoms with van der Waals surface area (Å²) in [5.74, 6) is 0.971. The van der Waals surface area contributed by atoms with Crippen LogP contribution in [-0.2, 0) is 0 Å². The lowest BCUT2D eigenvalue weighted by Gasteiger charge is -2.11. The topological polar surface area (TPSA) is 75.3 Å². The summed E-state index contributed by atoms with van der Waals surface area (Å²) in [7, 11) is 0.